The van der Waals surface area contributed by atoms with Crippen molar-refractivity contribution in [1.29, 1.82) is 0 Å². The topological polar surface area (TPSA) is 30.5 Å². The second kappa shape index (κ2) is 10.5. The van der Waals surface area contributed by atoms with Gasteiger partial charge < -0.3 is 14.8 Å². The molecule has 0 radical (unpaired) electrons. The first kappa shape index (κ1) is 23.5. The van der Waals surface area contributed by atoms with E-state index in [4.69, 9.17) is 9.47 Å². The van der Waals surface area contributed by atoms with Crippen molar-refractivity contribution in [2.75, 3.05) is 18.5 Å². The number of hydrogen-bond donors (Lipinski definition) is 1. The number of anilines is 2. The van der Waals surface area contributed by atoms with Gasteiger partial charge in [0, 0.05) is 5.69 Å². The van der Waals surface area contributed by atoms with Crippen LogP contribution in [0.25, 0.3) is 0 Å². The number of halogens is 5. The molecule has 0 aliphatic rings. The average Bonchev–Trinajstić information content (AvgIpc) is 2.75. The lowest BCUT2D eigenvalue weighted by molar-refractivity contribution is -0.163. The summed E-state index contributed by atoms with van der Waals surface area (Å²) in [5.74, 6) is -2.30. The molecule has 32 heavy (non-hydrogen) atoms. The van der Waals surface area contributed by atoms with Gasteiger partial charge in [0.2, 0.25) is 0 Å². The molecule has 0 amide bonds. The minimum absolute atomic E-state index is 0.0683. The molecule has 0 bridgehead atoms. The molecule has 0 aliphatic carbocycles. The Morgan fingerprint density at radius 1 is 0.906 bits per heavy atom. The number of ether oxygens (including phenoxy) is 2. The van der Waals surface area contributed by atoms with Crippen LogP contribution in [0, 0.1) is 11.6 Å². The van der Waals surface area contributed by atoms with Gasteiger partial charge in [-0.05, 0) is 66.6 Å². The molecule has 8 heteroatoms. The van der Waals surface area contributed by atoms with E-state index in [1.165, 1.54) is 66.7 Å². The van der Waals surface area contributed by atoms with Gasteiger partial charge in [0.05, 0.1) is 25.5 Å². The van der Waals surface area contributed by atoms with Gasteiger partial charge in [0.1, 0.15) is 23.3 Å². The van der Waals surface area contributed by atoms with Crippen molar-refractivity contribution in [3.63, 3.8) is 0 Å². The van der Waals surface area contributed by atoms with Crippen molar-refractivity contribution in [2.24, 2.45) is 0 Å². The summed E-state index contributed by atoms with van der Waals surface area (Å²) in [6.45, 7) is 1.48. The first-order chi connectivity index (χ1) is 15.3. The SMILES string of the molecule is CCOc1ccc(C(COCc2ccc(F)c(Nc3ccc(F)cc3)c2)C(F)(F)F)cc1. The van der Waals surface area contributed by atoms with E-state index in [2.05, 4.69) is 5.32 Å². The van der Waals surface area contributed by atoms with Gasteiger partial charge in [-0.1, -0.05) is 18.2 Å². The molecular weight excluding hydrogens is 429 g/mol. The monoisotopic (exact) mass is 451 g/mol. The van der Waals surface area contributed by atoms with E-state index in [-0.39, 0.29) is 17.9 Å². The molecular formula is C24H22F5NO2. The van der Waals surface area contributed by atoms with Crippen LogP contribution in [-0.4, -0.2) is 19.4 Å². The third-order valence-electron chi connectivity index (χ3n) is 4.70. The highest BCUT2D eigenvalue weighted by Gasteiger charge is 2.40. The van der Waals surface area contributed by atoms with Crippen molar-refractivity contribution in [2.45, 2.75) is 25.6 Å². The lowest BCUT2D eigenvalue weighted by Crippen LogP contribution is -2.25. The highest BCUT2D eigenvalue weighted by atomic mass is 19.4. The number of hydrogen-bond acceptors (Lipinski definition) is 3. The first-order valence-corrected chi connectivity index (χ1v) is 9.94. The number of rotatable bonds is 9. The maximum absolute atomic E-state index is 14.1. The second-order valence-electron chi connectivity index (χ2n) is 7.06. The summed E-state index contributed by atoms with van der Waals surface area (Å²) in [7, 11) is 0. The summed E-state index contributed by atoms with van der Waals surface area (Å²) in [5, 5.41) is 2.82. The van der Waals surface area contributed by atoms with Gasteiger partial charge in [0.15, 0.2) is 0 Å². The van der Waals surface area contributed by atoms with E-state index in [0.29, 0.717) is 23.6 Å². The quantitative estimate of drug-likeness (QED) is 0.357. The Balaban J connectivity index is 1.66. The molecule has 0 saturated heterocycles. The van der Waals surface area contributed by atoms with Crippen LogP contribution in [0.2, 0.25) is 0 Å². The van der Waals surface area contributed by atoms with Crippen LogP contribution in [0.5, 0.6) is 5.75 Å². The summed E-state index contributed by atoms with van der Waals surface area (Å²) in [6.07, 6.45) is -4.49. The van der Waals surface area contributed by atoms with Gasteiger partial charge in [-0.2, -0.15) is 13.2 Å². The third kappa shape index (κ3) is 6.43. The summed E-state index contributed by atoms with van der Waals surface area (Å²) in [4.78, 5) is 0. The fourth-order valence-corrected chi connectivity index (χ4v) is 3.08. The third-order valence-corrected chi connectivity index (χ3v) is 4.70. The molecule has 1 unspecified atom stereocenters. The van der Waals surface area contributed by atoms with Crippen molar-refractivity contribution < 1.29 is 31.4 Å². The minimum atomic E-state index is -4.49. The lowest BCUT2D eigenvalue weighted by atomic mass is 9.99. The lowest BCUT2D eigenvalue weighted by Gasteiger charge is -2.21. The number of alkyl halides is 3. The molecule has 0 saturated carbocycles. The summed E-state index contributed by atoms with van der Waals surface area (Å²) in [6, 6.07) is 15.1. The van der Waals surface area contributed by atoms with Crippen LogP contribution in [0.3, 0.4) is 0 Å². The summed E-state index contributed by atoms with van der Waals surface area (Å²) >= 11 is 0. The van der Waals surface area contributed by atoms with Crippen molar-refractivity contribution >= 4 is 11.4 Å². The molecule has 3 rings (SSSR count). The molecule has 0 spiro atoms. The van der Waals surface area contributed by atoms with E-state index in [1.54, 1.807) is 6.92 Å². The molecule has 0 fully saturated rings. The van der Waals surface area contributed by atoms with Crippen molar-refractivity contribution in [3.8, 4) is 5.75 Å². The summed E-state index contributed by atoms with van der Waals surface area (Å²) < 4.78 is 78.5. The van der Waals surface area contributed by atoms with E-state index in [9.17, 15) is 22.0 Å². The van der Waals surface area contributed by atoms with E-state index < -0.39 is 30.3 Å². The number of benzene rings is 3. The molecule has 0 aromatic heterocycles. The molecule has 0 aliphatic heterocycles. The molecule has 3 nitrogen and oxygen atoms in total. The van der Waals surface area contributed by atoms with Gasteiger partial charge >= 0.3 is 6.18 Å². The Bertz CT molecular complexity index is 1000. The molecule has 170 valence electrons. The zero-order valence-corrected chi connectivity index (χ0v) is 17.3. The Labute approximate surface area is 182 Å². The van der Waals surface area contributed by atoms with E-state index in [1.807, 2.05) is 0 Å². The predicted molar refractivity (Wildman–Crippen MR) is 112 cm³/mol. The molecule has 3 aromatic carbocycles. The predicted octanol–water partition coefficient (Wildman–Crippen LogP) is 6.97. The maximum atomic E-state index is 14.1. The first-order valence-electron chi connectivity index (χ1n) is 9.94. The average molecular weight is 451 g/mol. The van der Waals surface area contributed by atoms with Crippen LogP contribution in [0.4, 0.5) is 33.3 Å². The van der Waals surface area contributed by atoms with Crippen LogP contribution in [-0.2, 0) is 11.3 Å². The van der Waals surface area contributed by atoms with Crippen LogP contribution < -0.4 is 10.1 Å². The fourth-order valence-electron chi connectivity index (χ4n) is 3.08. The smallest absolute Gasteiger partial charge is 0.397 e. The van der Waals surface area contributed by atoms with Crippen LogP contribution in [0.1, 0.15) is 24.0 Å². The second-order valence-corrected chi connectivity index (χ2v) is 7.06. The highest BCUT2D eigenvalue weighted by molar-refractivity contribution is 5.60. The van der Waals surface area contributed by atoms with Crippen molar-refractivity contribution in [3.05, 3.63) is 89.5 Å². The van der Waals surface area contributed by atoms with Gasteiger partial charge in [0.25, 0.3) is 0 Å². The standard InChI is InChI=1S/C24H22F5NO2/c1-2-32-20-10-4-17(5-11-20)21(24(27,28)29)15-31-14-16-3-12-22(26)23(13-16)30-19-8-6-18(25)7-9-19/h3-13,21,30H,2,14-15H2,1H3. The zero-order valence-electron chi connectivity index (χ0n) is 17.3. The van der Waals surface area contributed by atoms with Gasteiger partial charge in [-0.15, -0.1) is 0 Å². The molecule has 0 heterocycles. The molecule has 1 atom stereocenters. The largest absolute Gasteiger partial charge is 0.494 e. The normalized spacial score (nSPS) is 12.4. The molecule has 1 N–H and O–H groups in total. The Morgan fingerprint density at radius 3 is 2.22 bits per heavy atom. The van der Waals surface area contributed by atoms with Crippen molar-refractivity contribution in [1.82, 2.24) is 0 Å². The minimum Gasteiger partial charge on any atom is -0.494 e. The Hall–Kier alpha value is -3.13. The Morgan fingerprint density at radius 2 is 1.59 bits per heavy atom. The van der Waals surface area contributed by atoms with Crippen LogP contribution >= 0.6 is 0 Å². The summed E-state index contributed by atoms with van der Waals surface area (Å²) in [5.41, 5.74) is 1.13. The maximum Gasteiger partial charge on any atom is 0.397 e. The highest BCUT2D eigenvalue weighted by Crippen LogP contribution is 2.36. The number of nitrogens with one attached hydrogen (secondary N) is 1. The van der Waals surface area contributed by atoms with E-state index >= 15 is 0 Å². The Kier molecular flexibility index (Phi) is 7.69. The zero-order chi connectivity index (χ0) is 23.1. The van der Waals surface area contributed by atoms with Crippen LogP contribution in [0.15, 0.2) is 66.7 Å². The van der Waals surface area contributed by atoms with E-state index in [0.717, 1.165) is 0 Å². The van der Waals surface area contributed by atoms with Gasteiger partial charge in [-0.25, -0.2) is 8.78 Å². The fraction of sp³-hybridized carbons (Fsp3) is 0.250. The van der Waals surface area contributed by atoms with Gasteiger partial charge in [-0.3, -0.25) is 0 Å². The molecule has 3 aromatic rings.